The zero-order chi connectivity index (χ0) is 47.6. The molecule has 0 aliphatic carbocycles. The molecule has 0 radical (unpaired) electrons. The van der Waals surface area contributed by atoms with Crippen molar-refractivity contribution in [2.75, 3.05) is 19.6 Å². The summed E-state index contributed by atoms with van der Waals surface area (Å²) < 4.78 is 0. The van der Waals surface area contributed by atoms with Crippen LogP contribution in [0, 0.1) is 35.5 Å². The zero-order valence-electron chi connectivity index (χ0n) is 39.0. The molecule has 0 saturated carbocycles. The fourth-order valence-corrected chi connectivity index (χ4v) is 7.99. The Morgan fingerprint density at radius 1 is 0.547 bits per heavy atom. The molecule has 7 atom stereocenters. The fourth-order valence-electron chi connectivity index (χ4n) is 7.99. The van der Waals surface area contributed by atoms with Crippen molar-refractivity contribution < 1.29 is 38.7 Å². The Morgan fingerprint density at radius 3 is 1.56 bits per heavy atom. The van der Waals surface area contributed by atoms with Crippen molar-refractivity contribution in [3.63, 3.8) is 0 Å². The lowest BCUT2D eigenvalue weighted by atomic mass is 9.87. The third-order valence-electron chi connectivity index (χ3n) is 11.6. The number of nitrogens with two attached hydrogens (primary N) is 3. The molecule has 0 unspecified atom stereocenters. The van der Waals surface area contributed by atoms with Crippen molar-refractivity contribution in [3.8, 4) is 0 Å². The number of carboxylic acids is 1. The van der Waals surface area contributed by atoms with Gasteiger partial charge in [0.15, 0.2) is 11.6 Å². The van der Waals surface area contributed by atoms with Gasteiger partial charge in [0.2, 0.25) is 17.7 Å². The van der Waals surface area contributed by atoms with Crippen LogP contribution in [0.3, 0.4) is 0 Å². The van der Waals surface area contributed by atoms with E-state index in [4.69, 9.17) is 17.2 Å². The Balaban J connectivity index is 2.08. The molecule has 2 rings (SSSR count). The Kier molecular flexibility index (Phi) is 26.3. The van der Waals surface area contributed by atoms with Crippen LogP contribution in [0.4, 0.5) is 0 Å². The number of unbranched alkanes of at least 4 members (excludes halogenated alkanes) is 1. The number of nitrogens with one attached hydrogen (secondary N) is 3. The van der Waals surface area contributed by atoms with Crippen LogP contribution in [-0.2, 0) is 46.4 Å². The first-order valence-corrected chi connectivity index (χ1v) is 23.4. The van der Waals surface area contributed by atoms with E-state index in [0.717, 1.165) is 11.1 Å². The molecule has 0 aromatic heterocycles. The number of amides is 3. The van der Waals surface area contributed by atoms with Gasteiger partial charge in [0.05, 0.1) is 12.1 Å². The molecule has 3 amide bonds. The molecule has 0 bridgehead atoms. The van der Waals surface area contributed by atoms with Crippen LogP contribution in [0.15, 0.2) is 60.7 Å². The van der Waals surface area contributed by atoms with E-state index in [-0.39, 0.29) is 73.7 Å². The molecule has 14 heteroatoms. The highest BCUT2D eigenvalue weighted by atomic mass is 16.4. The molecule has 14 nitrogen and oxygen atoms in total. The van der Waals surface area contributed by atoms with E-state index < -0.39 is 53.7 Å². The number of carboxylic acid groups (broad SMARTS) is 1. The van der Waals surface area contributed by atoms with Crippen LogP contribution in [-0.4, -0.2) is 83.9 Å². The summed E-state index contributed by atoms with van der Waals surface area (Å²) in [5, 5.41) is 18.4. The maximum absolute atomic E-state index is 14.0. The SMILES string of the molecule is CC(C)C[C@@H](C)C(=O)C[C@H](CCCN)C(=O)N[C@@H](CCCCNC(=O)[C@@H](CCCN)CC(=O)[C@@H](CC(C)C)NC(=O)[C@H](CC(=O)[C@H](N)Cc1ccccc1)Cc1ccccc1)C(=O)O. The molecule has 0 fully saturated rings. The number of benzene rings is 2. The average molecular weight is 891 g/mol. The van der Waals surface area contributed by atoms with Crippen molar-refractivity contribution in [1.82, 2.24) is 16.0 Å². The van der Waals surface area contributed by atoms with Gasteiger partial charge in [-0.1, -0.05) is 95.3 Å². The minimum absolute atomic E-state index is 0.0243. The van der Waals surface area contributed by atoms with E-state index in [1.54, 1.807) is 0 Å². The minimum atomic E-state index is -1.19. The third kappa shape index (κ3) is 21.7. The number of carbonyl (C=O) groups is 7. The predicted octanol–water partition coefficient (Wildman–Crippen LogP) is 5.07. The van der Waals surface area contributed by atoms with E-state index in [1.165, 1.54) is 0 Å². The summed E-state index contributed by atoms with van der Waals surface area (Å²) >= 11 is 0. The summed E-state index contributed by atoms with van der Waals surface area (Å²) in [6.07, 6.45) is 4.05. The quantitative estimate of drug-likeness (QED) is 0.0457. The standard InChI is InChI=1S/C50H78N6O8/c1-33(2)26-35(5)44(57)30-39(21-15-24-52)48(61)55-42(50(63)64)22-12-13-25-54-47(60)38(20-14-23-51)31-46(59)43(27-34(3)4)56-49(62)40(28-36-16-8-6-9-17-36)32-45(58)41(53)29-37-18-10-7-11-19-37/h6-11,16-19,33-35,38-43H,12-15,20-32,51-53H2,1-5H3,(H,54,60)(H,55,61)(H,56,62)(H,63,64)/t35-,38+,39+,40+,41-,42+,43-/m1/s1. The van der Waals surface area contributed by atoms with Crippen LogP contribution in [0.25, 0.3) is 0 Å². The van der Waals surface area contributed by atoms with Gasteiger partial charge in [-0.25, -0.2) is 4.79 Å². The smallest absolute Gasteiger partial charge is 0.326 e. The second-order valence-corrected chi connectivity index (χ2v) is 18.4. The largest absolute Gasteiger partial charge is 0.480 e. The summed E-state index contributed by atoms with van der Waals surface area (Å²) in [5.74, 6) is -5.09. The molecule has 10 N–H and O–H groups in total. The molecule has 0 saturated heterocycles. The van der Waals surface area contributed by atoms with Crippen LogP contribution >= 0.6 is 0 Å². The lowest BCUT2D eigenvalue weighted by Crippen LogP contribution is -2.47. The normalized spacial score (nSPS) is 14.7. The van der Waals surface area contributed by atoms with Crippen molar-refractivity contribution >= 4 is 41.0 Å². The maximum atomic E-state index is 14.0. The molecule has 0 spiro atoms. The lowest BCUT2D eigenvalue weighted by Gasteiger charge is -2.25. The van der Waals surface area contributed by atoms with Crippen molar-refractivity contribution in [2.24, 2.45) is 52.7 Å². The van der Waals surface area contributed by atoms with E-state index in [1.807, 2.05) is 95.3 Å². The highest BCUT2D eigenvalue weighted by Gasteiger charge is 2.32. The van der Waals surface area contributed by atoms with Gasteiger partial charge in [-0.15, -0.1) is 0 Å². The van der Waals surface area contributed by atoms with E-state index in [2.05, 4.69) is 16.0 Å². The van der Waals surface area contributed by atoms with Crippen molar-refractivity contribution in [3.05, 3.63) is 71.8 Å². The van der Waals surface area contributed by atoms with Crippen LogP contribution in [0.2, 0.25) is 0 Å². The molecule has 0 heterocycles. The van der Waals surface area contributed by atoms with Gasteiger partial charge in [0.1, 0.15) is 11.8 Å². The van der Waals surface area contributed by atoms with Crippen molar-refractivity contribution in [1.29, 1.82) is 0 Å². The van der Waals surface area contributed by atoms with Gasteiger partial charge in [-0.2, -0.15) is 0 Å². The highest BCUT2D eigenvalue weighted by molar-refractivity contribution is 5.95. The second-order valence-electron chi connectivity index (χ2n) is 18.4. The Hall–Kier alpha value is -4.79. The minimum Gasteiger partial charge on any atom is -0.480 e. The highest BCUT2D eigenvalue weighted by Crippen LogP contribution is 2.22. The lowest BCUT2D eigenvalue weighted by molar-refractivity contribution is -0.143. The second kappa shape index (κ2) is 30.4. The number of rotatable bonds is 34. The summed E-state index contributed by atoms with van der Waals surface area (Å²) in [5.41, 5.74) is 19.6. The van der Waals surface area contributed by atoms with E-state index >= 15 is 0 Å². The summed E-state index contributed by atoms with van der Waals surface area (Å²) in [7, 11) is 0. The summed E-state index contributed by atoms with van der Waals surface area (Å²) in [6.45, 7) is 10.7. The topological polar surface area (TPSA) is 254 Å². The number of hydrogen-bond acceptors (Lipinski definition) is 10. The molecular formula is C50H78N6O8. The first-order valence-electron chi connectivity index (χ1n) is 23.4. The van der Waals surface area contributed by atoms with Gasteiger partial charge < -0.3 is 38.3 Å². The molecule has 64 heavy (non-hydrogen) atoms. The van der Waals surface area contributed by atoms with Gasteiger partial charge >= 0.3 is 5.97 Å². The Morgan fingerprint density at radius 2 is 1.03 bits per heavy atom. The first kappa shape index (κ1) is 55.3. The zero-order valence-corrected chi connectivity index (χ0v) is 39.0. The molecule has 2 aromatic carbocycles. The number of hydrogen-bond donors (Lipinski definition) is 7. The molecule has 0 aliphatic heterocycles. The number of carbonyl (C=O) groups excluding carboxylic acids is 6. The van der Waals surface area contributed by atoms with Crippen LogP contribution in [0.5, 0.6) is 0 Å². The van der Waals surface area contributed by atoms with Crippen molar-refractivity contribution in [2.45, 2.75) is 143 Å². The summed E-state index contributed by atoms with van der Waals surface area (Å²) in [6, 6.07) is 15.9. The van der Waals surface area contributed by atoms with E-state index in [0.29, 0.717) is 76.8 Å². The maximum Gasteiger partial charge on any atom is 0.326 e. The van der Waals surface area contributed by atoms with Crippen LogP contribution in [0.1, 0.15) is 123 Å². The van der Waals surface area contributed by atoms with Crippen LogP contribution < -0.4 is 33.2 Å². The van der Waals surface area contributed by atoms with Gasteiger partial charge in [-0.3, -0.25) is 28.8 Å². The van der Waals surface area contributed by atoms with Gasteiger partial charge in [0.25, 0.3) is 0 Å². The summed E-state index contributed by atoms with van der Waals surface area (Å²) in [4.78, 5) is 93.4. The Bertz CT molecular complexity index is 1740. The predicted molar refractivity (Wildman–Crippen MR) is 251 cm³/mol. The number of Topliss-reactive ketones (excluding diaryl/α,β-unsaturated/α-hetero) is 3. The number of ketones is 3. The first-order chi connectivity index (χ1) is 30.4. The monoisotopic (exact) mass is 891 g/mol. The molecule has 0 aliphatic rings. The molecule has 2 aromatic rings. The number of aliphatic carboxylic acids is 1. The third-order valence-corrected chi connectivity index (χ3v) is 11.6. The van der Waals surface area contributed by atoms with Gasteiger partial charge in [-0.05, 0) is 107 Å². The fraction of sp³-hybridized carbons (Fsp3) is 0.620. The Labute approximate surface area is 381 Å². The molecule has 356 valence electrons. The van der Waals surface area contributed by atoms with Gasteiger partial charge in [0, 0.05) is 49.5 Å². The van der Waals surface area contributed by atoms with E-state index in [9.17, 15) is 38.7 Å². The average Bonchev–Trinajstić information content (AvgIpc) is 3.25. The molecular weight excluding hydrogens is 813 g/mol.